The van der Waals surface area contributed by atoms with Gasteiger partial charge >= 0.3 is 0 Å². The number of benzene rings is 1. The molecule has 82 valence electrons. The molecule has 0 amide bonds. The molecule has 0 bridgehead atoms. The predicted molar refractivity (Wildman–Crippen MR) is 58.3 cm³/mol. The van der Waals surface area contributed by atoms with Crippen LogP contribution in [0.3, 0.4) is 0 Å². The number of nitrogens with two attached hydrogens (primary N) is 1. The summed E-state index contributed by atoms with van der Waals surface area (Å²) in [6, 6.07) is 4.26. The quantitative estimate of drug-likeness (QED) is 0.679. The van der Waals surface area contributed by atoms with Crippen molar-refractivity contribution in [2.45, 2.75) is 12.8 Å². The number of nitrogen functional groups attached to an aromatic ring is 1. The minimum absolute atomic E-state index is 0.0579. The summed E-state index contributed by atoms with van der Waals surface area (Å²) in [5.74, 6) is -0.171. The van der Waals surface area contributed by atoms with E-state index >= 15 is 0 Å². The molecule has 15 heavy (non-hydrogen) atoms. The normalized spacial score (nSPS) is 10.7. The minimum Gasteiger partial charge on any atom is -0.398 e. The Kier molecular flexibility index (Phi) is 4.20. The highest BCUT2D eigenvalue weighted by molar-refractivity contribution is 9.09. The highest BCUT2D eigenvalue weighted by Crippen LogP contribution is 2.27. The Morgan fingerprint density at radius 3 is 2.67 bits per heavy atom. The summed E-state index contributed by atoms with van der Waals surface area (Å²) in [6.07, 6.45) is -2.66. The molecule has 0 aliphatic rings. The van der Waals surface area contributed by atoms with Gasteiger partial charge in [-0.05, 0) is 11.6 Å². The van der Waals surface area contributed by atoms with Gasteiger partial charge in [0.15, 0.2) is 0 Å². The van der Waals surface area contributed by atoms with Gasteiger partial charge in [-0.2, -0.15) is 0 Å². The zero-order valence-corrected chi connectivity index (χ0v) is 9.43. The average Bonchev–Trinajstić information content (AvgIpc) is 2.20. The second kappa shape index (κ2) is 5.21. The molecule has 0 aliphatic carbocycles. The van der Waals surface area contributed by atoms with Gasteiger partial charge in [0, 0.05) is 17.7 Å². The van der Waals surface area contributed by atoms with Crippen molar-refractivity contribution in [3.8, 4) is 0 Å². The van der Waals surface area contributed by atoms with Crippen molar-refractivity contribution in [1.29, 1.82) is 0 Å². The maximum Gasteiger partial charge on any atom is 0.264 e. The van der Waals surface area contributed by atoms with Crippen LogP contribution in [0.1, 0.15) is 17.6 Å². The minimum atomic E-state index is -2.60. The maximum absolute atomic E-state index is 12.6. The summed E-state index contributed by atoms with van der Waals surface area (Å²) in [6.45, 7) is 0. The molecule has 0 fully saturated rings. The Morgan fingerprint density at radius 2 is 2.13 bits per heavy atom. The molecule has 2 N–H and O–H groups in total. The van der Waals surface area contributed by atoms with Crippen molar-refractivity contribution in [3.05, 3.63) is 29.3 Å². The summed E-state index contributed by atoms with van der Waals surface area (Å²) < 4.78 is 25.2. The van der Waals surface area contributed by atoms with E-state index in [2.05, 4.69) is 15.9 Å². The predicted octanol–water partition coefficient (Wildman–Crippen LogP) is 2.71. The van der Waals surface area contributed by atoms with Gasteiger partial charge in [-0.3, -0.25) is 4.79 Å². The van der Waals surface area contributed by atoms with E-state index in [1.807, 2.05) is 0 Å². The lowest BCUT2D eigenvalue weighted by Crippen LogP contribution is -2.09. The third-order valence-electron chi connectivity index (χ3n) is 2.01. The average molecular weight is 278 g/mol. The van der Waals surface area contributed by atoms with E-state index < -0.39 is 6.43 Å². The number of carbonyl (C=O) groups is 1. The van der Waals surface area contributed by atoms with Crippen LogP contribution in [0.4, 0.5) is 14.5 Å². The SMILES string of the molecule is Nc1cccc(C(F)F)c1CC(=O)CBr. The number of hydrogen-bond acceptors (Lipinski definition) is 2. The van der Waals surface area contributed by atoms with Crippen LogP contribution in [0.25, 0.3) is 0 Å². The van der Waals surface area contributed by atoms with E-state index in [-0.39, 0.29) is 34.3 Å². The highest BCUT2D eigenvalue weighted by Gasteiger charge is 2.16. The summed E-state index contributed by atoms with van der Waals surface area (Å²) in [5, 5.41) is 0.143. The molecular formula is C10H10BrF2NO. The summed E-state index contributed by atoms with van der Waals surface area (Å²) in [5.41, 5.74) is 5.87. The van der Waals surface area contributed by atoms with Crippen molar-refractivity contribution in [2.75, 3.05) is 11.1 Å². The Hall–Kier alpha value is -0.970. The first kappa shape index (κ1) is 12.1. The molecule has 0 radical (unpaired) electrons. The molecule has 0 aliphatic heterocycles. The standard InChI is InChI=1S/C10H10BrF2NO/c11-5-6(15)4-8-7(10(12)13)2-1-3-9(8)14/h1-3,10H,4-5,14H2. The molecule has 1 aromatic carbocycles. The highest BCUT2D eigenvalue weighted by atomic mass is 79.9. The van der Waals surface area contributed by atoms with E-state index in [0.29, 0.717) is 0 Å². The molecule has 1 rings (SSSR count). The molecule has 0 heterocycles. The van der Waals surface area contributed by atoms with Crippen LogP contribution < -0.4 is 5.73 Å². The second-order valence-electron chi connectivity index (χ2n) is 3.06. The lowest BCUT2D eigenvalue weighted by atomic mass is 10.0. The molecular weight excluding hydrogens is 268 g/mol. The van der Waals surface area contributed by atoms with Crippen molar-refractivity contribution in [3.63, 3.8) is 0 Å². The molecule has 0 atom stereocenters. The maximum atomic E-state index is 12.6. The van der Waals surface area contributed by atoms with Crippen LogP contribution in [-0.4, -0.2) is 11.1 Å². The van der Waals surface area contributed by atoms with Gasteiger partial charge in [-0.15, -0.1) is 0 Å². The van der Waals surface area contributed by atoms with Crippen LogP contribution in [-0.2, 0) is 11.2 Å². The van der Waals surface area contributed by atoms with Gasteiger partial charge in [0.2, 0.25) is 0 Å². The number of ketones is 1. The molecule has 1 aromatic rings. The van der Waals surface area contributed by atoms with E-state index in [9.17, 15) is 13.6 Å². The number of alkyl halides is 3. The molecule has 0 saturated carbocycles. The molecule has 0 aromatic heterocycles. The Labute approximate surface area is 94.6 Å². The monoisotopic (exact) mass is 277 g/mol. The lowest BCUT2D eigenvalue weighted by molar-refractivity contribution is -0.115. The van der Waals surface area contributed by atoms with Crippen LogP contribution in [0.2, 0.25) is 0 Å². The van der Waals surface area contributed by atoms with Gasteiger partial charge in [-0.25, -0.2) is 8.78 Å². The van der Waals surface area contributed by atoms with Crippen LogP contribution >= 0.6 is 15.9 Å². The van der Waals surface area contributed by atoms with Crippen LogP contribution in [0.5, 0.6) is 0 Å². The zero-order chi connectivity index (χ0) is 11.4. The fraction of sp³-hybridized carbons (Fsp3) is 0.300. The molecule has 2 nitrogen and oxygen atoms in total. The largest absolute Gasteiger partial charge is 0.398 e. The topological polar surface area (TPSA) is 43.1 Å². The van der Waals surface area contributed by atoms with Crippen LogP contribution in [0.15, 0.2) is 18.2 Å². The van der Waals surface area contributed by atoms with E-state index in [4.69, 9.17) is 5.73 Å². The Balaban J connectivity index is 3.07. The Bertz CT molecular complexity index is 368. The van der Waals surface area contributed by atoms with E-state index in [1.165, 1.54) is 18.2 Å². The summed E-state index contributed by atoms with van der Waals surface area (Å²) in [7, 11) is 0. The molecule has 0 saturated heterocycles. The van der Waals surface area contributed by atoms with Crippen molar-refractivity contribution >= 4 is 27.4 Å². The van der Waals surface area contributed by atoms with Crippen molar-refractivity contribution < 1.29 is 13.6 Å². The van der Waals surface area contributed by atoms with Gasteiger partial charge in [0.05, 0.1) is 5.33 Å². The fourth-order valence-electron chi connectivity index (χ4n) is 1.28. The van der Waals surface area contributed by atoms with Gasteiger partial charge < -0.3 is 5.73 Å². The number of Topliss-reactive ketones (excluding diaryl/α,β-unsaturated/α-hetero) is 1. The number of anilines is 1. The number of rotatable bonds is 4. The smallest absolute Gasteiger partial charge is 0.264 e. The summed E-state index contributed by atoms with van der Waals surface area (Å²) in [4.78, 5) is 11.2. The van der Waals surface area contributed by atoms with Crippen molar-refractivity contribution in [1.82, 2.24) is 0 Å². The van der Waals surface area contributed by atoms with E-state index in [1.54, 1.807) is 0 Å². The molecule has 5 heteroatoms. The Morgan fingerprint density at radius 1 is 1.47 bits per heavy atom. The van der Waals surface area contributed by atoms with Crippen molar-refractivity contribution in [2.24, 2.45) is 0 Å². The van der Waals surface area contributed by atoms with E-state index in [0.717, 1.165) is 0 Å². The summed E-state index contributed by atoms with van der Waals surface area (Å²) >= 11 is 2.98. The number of hydrogen-bond donors (Lipinski definition) is 1. The second-order valence-corrected chi connectivity index (χ2v) is 3.63. The third kappa shape index (κ3) is 2.99. The third-order valence-corrected chi connectivity index (χ3v) is 2.63. The van der Waals surface area contributed by atoms with Crippen LogP contribution in [0, 0.1) is 0 Å². The first-order valence-corrected chi connectivity index (χ1v) is 5.41. The lowest BCUT2D eigenvalue weighted by Gasteiger charge is -2.10. The number of halogens is 3. The first-order chi connectivity index (χ1) is 7.06. The molecule has 0 unspecified atom stereocenters. The molecule has 0 spiro atoms. The van der Waals surface area contributed by atoms with Gasteiger partial charge in [-0.1, -0.05) is 28.1 Å². The first-order valence-electron chi connectivity index (χ1n) is 4.29. The zero-order valence-electron chi connectivity index (χ0n) is 7.84. The van der Waals surface area contributed by atoms with Gasteiger partial charge in [0.25, 0.3) is 6.43 Å². The number of carbonyl (C=O) groups excluding carboxylic acids is 1. The van der Waals surface area contributed by atoms with Gasteiger partial charge in [0.1, 0.15) is 5.78 Å². The fourth-order valence-corrected chi connectivity index (χ4v) is 1.47.